The van der Waals surface area contributed by atoms with Gasteiger partial charge in [-0.2, -0.15) is 0 Å². The van der Waals surface area contributed by atoms with Crippen LogP contribution in [0.1, 0.15) is 13.8 Å². The summed E-state index contributed by atoms with van der Waals surface area (Å²) in [6.07, 6.45) is -0.596. The van der Waals surface area contributed by atoms with Gasteiger partial charge in [-0.3, -0.25) is 4.79 Å². The van der Waals surface area contributed by atoms with Crippen LogP contribution in [0.15, 0.2) is 0 Å². The molecule has 5 heteroatoms. The van der Waals surface area contributed by atoms with E-state index < -0.39 is 18.1 Å². The van der Waals surface area contributed by atoms with Gasteiger partial charge in [-0.15, -0.1) is 0 Å². The van der Waals surface area contributed by atoms with E-state index >= 15 is 0 Å². The van der Waals surface area contributed by atoms with Crippen LogP contribution >= 0.6 is 0 Å². The van der Waals surface area contributed by atoms with Crippen molar-refractivity contribution in [3.05, 3.63) is 0 Å². The minimum absolute atomic E-state index is 0.273. The highest BCUT2D eigenvalue weighted by Crippen LogP contribution is 1.85. The van der Waals surface area contributed by atoms with E-state index in [0.717, 1.165) is 0 Å². The molecular weight excluding hydrogens is 172 g/mol. The number of carbonyl (C=O) groups is 1. The van der Waals surface area contributed by atoms with E-state index in [-0.39, 0.29) is 6.61 Å². The van der Waals surface area contributed by atoms with Crippen LogP contribution in [0.2, 0.25) is 0 Å². The van der Waals surface area contributed by atoms with Crippen LogP contribution in [0.4, 0.5) is 0 Å². The maximum Gasteiger partial charge on any atom is 0.234 e. The number of aliphatic hydroxyl groups excluding tert-OH is 1. The van der Waals surface area contributed by atoms with Crippen LogP contribution in [0.3, 0.4) is 0 Å². The van der Waals surface area contributed by atoms with E-state index in [1.807, 2.05) is 6.92 Å². The second-order valence-corrected chi connectivity index (χ2v) is 2.85. The van der Waals surface area contributed by atoms with Gasteiger partial charge in [0.1, 0.15) is 0 Å². The molecule has 0 rings (SSSR count). The van der Waals surface area contributed by atoms with Gasteiger partial charge < -0.3 is 20.9 Å². The van der Waals surface area contributed by atoms with Gasteiger partial charge in [-0.1, -0.05) is 0 Å². The first-order valence-corrected chi connectivity index (χ1v) is 4.36. The zero-order valence-electron chi connectivity index (χ0n) is 8.12. The first kappa shape index (κ1) is 12.3. The van der Waals surface area contributed by atoms with Crippen LogP contribution in [0.25, 0.3) is 0 Å². The molecule has 0 saturated heterocycles. The average Bonchev–Trinajstić information content (AvgIpc) is 2.10. The molecule has 0 saturated carbocycles. The summed E-state index contributed by atoms with van der Waals surface area (Å²) in [4.78, 5) is 10.6. The minimum Gasteiger partial charge on any atom is -0.389 e. The zero-order valence-corrected chi connectivity index (χ0v) is 8.12. The van der Waals surface area contributed by atoms with Crippen molar-refractivity contribution >= 4 is 5.91 Å². The van der Waals surface area contributed by atoms with Gasteiger partial charge >= 0.3 is 0 Å². The van der Waals surface area contributed by atoms with Crippen LogP contribution in [0.5, 0.6) is 0 Å². The lowest BCUT2D eigenvalue weighted by Gasteiger charge is -2.14. The highest BCUT2D eigenvalue weighted by atomic mass is 16.5. The van der Waals surface area contributed by atoms with Gasteiger partial charge in [0.2, 0.25) is 5.91 Å². The maximum atomic E-state index is 10.6. The third-order valence-corrected chi connectivity index (χ3v) is 1.60. The molecule has 0 aromatic carbocycles. The largest absolute Gasteiger partial charge is 0.389 e. The Morgan fingerprint density at radius 2 is 2.31 bits per heavy atom. The summed E-state index contributed by atoms with van der Waals surface area (Å²) in [7, 11) is 0. The van der Waals surface area contributed by atoms with Crippen molar-refractivity contribution in [1.82, 2.24) is 5.32 Å². The predicted molar refractivity (Wildman–Crippen MR) is 49.2 cm³/mol. The normalized spacial score (nSPS) is 15.3. The van der Waals surface area contributed by atoms with E-state index in [2.05, 4.69) is 5.32 Å². The molecule has 0 aliphatic heterocycles. The van der Waals surface area contributed by atoms with Gasteiger partial charge in [0, 0.05) is 13.2 Å². The Labute approximate surface area is 78.3 Å². The van der Waals surface area contributed by atoms with Crippen LogP contribution < -0.4 is 11.1 Å². The number of carbonyl (C=O) groups excluding carboxylic acids is 1. The summed E-state index contributed by atoms with van der Waals surface area (Å²) in [5, 5.41) is 12.1. The SMILES string of the molecule is CCOCC(O)CNC(C)C(N)=O. The highest BCUT2D eigenvalue weighted by molar-refractivity contribution is 5.79. The van der Waals surface area contributed by atoms with Crippen molar-refractivity contribution in [2.24, 2.45) is 5.73 Å². The summed E-state index contributed by atoms with van der Waals surface area (Å²) in [5.41, 5.74) is 5.01. The number of aliphatic hydroxyl groups is 1. The molecule has 2 unspecified atom stereocenters. The number of primary amides is 1. The molecule has 0 fully saturated rings. The molecule has 0 bridgehead atoms. The molecule has 0 aromatic rings. The Bertz CT molecular complexity index is 152. The predicted octanol–water partition coefficient (Wildman–Crippen LogP) is -1.15. The van der Waals surface area contributed by atoms with Crippen molar-refractivity contribution in [2.45, 2.75) is 26.0 Å². The molecule has 0 heterocycles. The van der Waals surface area contributed by atoms with Crippen molar-refractivity contribution in [3.8, 4) is 0 Å². The lowest BCUT2D eigenvalue weighted by molar-refractivity contribution is -0.119. The Morgan fingerprint density at radius 3 is 2.77 bits per heavy atom. The summed E-state index contributed by atoms with van der Waals surface area (Å²) < 4.78 is 4.98. The van der Waals surface area contributed by atoms with Crippen LogP contribution in [0, 0.1) is 0 Å². The average molecular weight is 190 g/mol. The number of hydrogen-bond acceptors (Lipinski definition) is 4. The van der Waals surface area contributed by atoms with Crippen LogP contribution in [-0.4, -0.2) is 42.9 Å². The number of amides is 1. The molecule has 78 valence electrons. The fourth-order valence-electron chi connectivity index (χ4n) is 0.726. The third kappa shape index (κ3) is 6.51. The molecule has 2 atom stereocenters. The monoisotopic (exact) mass is 190 g/mol. The summed E-state index contributed by atoms with van der Waals surface area (Å²) in [6.45, 7) is 4.66. The molecule has 0 spiro atoms. The molecule has 13 heavy (non-hydrogen) atoms. The Morgan fingerprint density at radius 1 is 1.69 bits per heavy atom. The Hall–Kier alpha value is -0.650. The summed E-state index contributed by atoms with van der Waals surface area (Å²) in [5.74, 6) is -0.427. The third-order valence-electron chi connectivity index (χ3n) is 1.60. The van der Waals surface area contributed by atoms with Crippen molar-refractivity contribution in [2.75, 3.05) is 19.8 Å². The molecular formula is C8H18N2O3. The number of hydrogen-bond donors (Lipinski definition) is 3. The van der Waals surface area contributed by atoms with Gasteiger partial charge in [0.25, 0.3) is 0 Å². The summed E-state index contributed by atoms with van der Waals surface area (Å²) >= 11 is 0. The molecule has 1 amide bonds. The number of rotatable bonds is 7. The van der Waals surface area contributed by atoms with Gasteiger partial charge in [0.15, 0.2) is 0 Å². The van der Waals surface area contributed by atoms with Crippen molar-refractivity contribution in [3.63, 3.8) is 0 Å². The molecule has 0 aliphatic carbocycles. The standard InChI is InChI=1S/C8H18N2O3/c1-3-13-5-7(11)4-10-6(2)8(9)12/h6-7,10-11H,3-5H2,1-2H3,(H2,9,12). The molecule has 4 N–H and O–H groups in total. The Kier molecular flexibility index (Phi) is 6.48. The van der Waals surface area contributed by atoms with E-state index in [4.69, 9.17) is 10.5 Å². The quantitative estimate of drug-likeness (QED) is 0.473. The van der Waals surface area contributed by atoms with E-state index in [1.165, 1.54) is 0 Å². The smallest absolute Gasteiger partial charge is 0.234 e. The molecule has 0 radical (unpaired) electrons. The lowest BCUT2D eigenvalue weighted by atomic mass is 10.3. The maximum absolute atomic E-state index is 10.6. The number of nitrogens with one attached hydrogen (secondary N) is 1. The second kappa shape index (κ2) is 6.82. The number of nitrogens with two attached hydrogens (primary N) is 1. The zero-order chi connectivity index (χ0) is 10.3. The van der Waals surface area contributed by atoms with E-state index in [9.17, 15) is 9.90 Å². The second-order valence-electron chi connectivity index (χ2n) is 2.85. The lowest BCUT2D eigenvalue weighted by Crippen LogP contribution is -2.43. The fourth-order valence-corrected chi connectivity index (χ4v) is 0.726. The topological polar surface area (TPSA) is 84.6 Å². The summed E-state index contributed by atoms with van der Waals surface area (Å²) in [6, 6.07) is -0.420. The first-order chi connectivity index (χ1) is 6.07. The molecule has 5 nitrogen and oxygen atoms in total. The van der Waals surface area contributed by atoms with Gasteiger partial charge in [0.05, 0.1) is 18.8 Å². The van der Waals surface area contributed by atoms with E-state index in [0.29, 0.717) is 13.2 Å². The first-order valence-electron chi connectivity index (χ1n) is 4.36. The minimum atomic E-state index is -0.596. The molecule has 0 aromatic heterocycles. The fraction of sp³-hybridized carbons (Fsp3) is 0.875. The Balaban J connectivity index is 3.45. The van der Waals surface area contributed by atoms with Gasteiger partial charge in [-0.05, 0) is 13.8 Å². The highest BCUT2D eigenvalue weighted by Gasteiger charge is 2.10. The number of ether oxygens (including phenoxy) is 1. The van der Waals surface area contributed by atoms with Crippen LogP contribution in [-0.2, 0) is 9.53 Å². The van der Waals surface area contributed by atoms with E-state index in [1.54, 1.807) is 6.92 Å². The molecule has 0 aliphatic rings. The van der Waals surface area contributed by atoms with Crippen molar-refractivity contribution in [1.29, 1.82) is 0 Å². The van der Waals surface area contributed by atoms with Crippen molar-refractivity contribution < 1.29 is 14.6 Å². The van der Waals surface area contributed by atoms with Gasteiger partial charge in [-0.25, -0.2) is 0 Å².